The van der Waals surface area contributed by atoms with Crippen molar-refractivity contribution in [3.8, 4) is 0 Å². The summed E-state index contributed by atoms with van der Waals surface area (Å²) in [6, 6.07) is 7.18. The highest BCUT2D eigenvalue weighted by atomic mass is 35.5. The molecule has 0 amide bonds. The number of halogens is 3. The molecule has 1 aromatic carbocycles. The minimum atomic E-state index is 0.499. The molecule has 1 aromatic heterocycles. The minimum Gasteiger partial charge on any atom is -0.467 e. The third-order valence-corrected chi connectivity index (χ3v) is 4.10. The maximum Gasteiger partial charge on any atom is 0.129 e. The molecule has 6 heteroatoms. The molecule has 1 N–H and O–H groups in total. The van der Waals surface area contributed by atoms with Crippen LogP contribution in [-0.4, -0.2) is 13.2 Å². The molecule has 0 saturated heterocycles. The number of nitrogens with one attached hydrogen (secondary N) is 1. The molecule has 0 aliphatic rings. The molecule has 0 unspecified atom stereocenters. The van der Waals surface area contributed by atoms with E-state index in [1.54, 1.807) is 18.4 Å². The molecule has 2 aromatic rings. The zero-order valence-electron chi connectivity index (χ0n) is 11.4. The number of ether oxygens (including phenoxy) is 1. The van der Waals surface area contributed by atoms with Crippen molar-refractivity contribution >= 4 is 34.8 Å². The Morgan fingerprint density at radius 2 is 1.90 bits per heavy atom. The van der Waals surface area contributed by atoms with Crippen LogP contribution in [0.3, 0.4) is 0 Å². The molecule has 21 heavy (non-hydrogen) atoms. The van der Waals surface area contributed by atoms with Gasteiger partial charge in [-0.3, -0.25) is 0 Å². The summed E-state index contributed by atoms with van der Waals surface area (Å²) in [4.78, 5) is 0. The fourth-order valence-electron chi connectivity index (χ4n) is 1.81. The van der Waals surface area contributed by atoms with Crippen molar-refractivity contribution in [2.24, 2.45) is 0 Å². The second-order valence-corrected chi connectivity index (χ2v) is 5.68. The van der Waals surface area contributed by atoms with Gasteiger partial charge in [-0.05, 0) is 37.2 Å². The van der Waals surface area contributed by atoms with Crippen molar-refractivity contribution in [2.45, 2.75) is 19.6 Å². The van der Waals surface area contributed by atoms with Crippen LogP contribution in [0, 0.1) is 0 Å². The van der Waals surface area contributed by atoms with Gasteiger partial charge in [0.25, 0.3) is 0 Å². The van der Waals surface area contributed by atoms with Gasteiger partial charge in [0.15, 0.2) is 0 Å². The predicted octanol–water partition coefficient (Wildman–Crippen LogP) is 4.94. The van der Waals surface area contributed by atoms with Crippen molar-refractivity contribution in [2.75, 3.05) is 13.2 Å². The minimum absolute atomic E-state index is 0.499. The third-order valence-electron chi connectivity index (χ3n) is 2.91. The molecule has 0 fully saturated rings. The van der Waals surface area contributed by atoms with Crippen LogP contribution >= 0.6 is 34.8 Å². The van der Waals surface area contributed by atoms with Gasteiger partial charge < -0.3 is 14.5 Å². The zero-order valence-corrected chi connectivity index (χ0v) is 13.6. The van der Waals surface area contributed by atoms with Crippen LogP contribution in [0.1, 0.15) is 17.7 Å². The highest BCUT2D eigenvalue weighted by Crippen LogP contribution is 2.31. The summed E-state index contributed by atoms with van der Waals surface area (Å²) >= 11 is 18.2. The molecular formula is C15H16Cl3NO2. The molecule has 0 radical (unpaired) electrons. The van der Waals surface area contributed by atoms with Gasteiger partial charge in [-0.2, -0.15) is 0 Å². The van der Waals surface area contributed by atoms with Crippen LogP contribution in [-0.2, 0) is 17.9 Å². The van der Waals surface area contributed by atoms with Crippen molar-refractivity contribution in [1.29, 1.82) is 0 Å². The van der Waals surface area contributed by atoms with Gasteiger partial charge in [0, 0.05) is 23.7 Å². The number of hydrogen-bond donors (Lipinski definition) is 1. The molecule has 114 valence electrons. The summed E-state index contributed by atoms with van der Waals surface area (Å²) in [5.74, 6) is 0.834. The van der Waals surface area contributed by atoms with Gasteiger partial charge >= 0.3 is 0 Å². The Hall–Kier alpha value is -0.710. The molecule has 0 aliphatic heterocycles. The maximum absolute atomic E-state index is 6.13. The zero-order chi connectivity index (χ0) is 15.1. The van der Waals surface area contributed by atoms with E-state index in [1.807, 2.05) is 12.1 Å². The van der Waals surface area contributed by atoms with Gasteiger partial charge in [-0.25, -0.2) is 0 Å². The fraction of sp³-hybridized carbons (Fsp3) is 0.333. The molecule has 3 nitrogen and oxygen atoms in total. The summed E-state index contributed by atoms with van der Waals surface area (Å²) in [5.41, 5.74) is 0.822. The molecule has 1 heterocycles. The topological polar surface area (TPSA) is 34.4 Å². The average molecular weight is 349 g/mol. The van der Waals surface area contributed by atoms with E-state index in [0.717, 1.165) is 24.3 Å². The van der Waals surface area contributed by atoms with Crippen LogP contribution < -0.4 is 5.32 Å². The lowest BCUT2D eigenvalue weighted by molar-refractivity contribution is 0.104. The third kappa shape index (κ3) is 5.20. The van der Waals surface area contributed by atoms with Crippen LogP contribution in [0.2, 0.25) is 15.1 Å². The van der Waals surface area contributed by atoms with Gasteiger partial charge in [0.2, 0.25) is 0 Å². The quantitative estimate of drug-likeness (QED) is 0.542. The van der Waals surface area contributed by atoms with E-state index in [0.29, 0.717) is 34.8 Å². The van der Waals surface area contributed by atoms with E-state index in [9.17, 15) is 0 Å². The first kappa shape index (κ1) is 16.7. The Labute approximate surface area is 139 Å². The lowest BCUT2D eigenvalue weighted by Gasteiger charge is -2.10. The highest BCUT2D eigenvalue weighted by molar-refractivity contribution is 6.44. The van der Waals surface area contributed by atoms with E-state index < -0.39 is 0 Å². The first-order chi connectivity index (χ1) is 10.2. The number of furan rings is 1. The first-order valence-electron chi connectivity index (χ1n) is 6.61. The molecular weight excluding hydrogens is 333 g/mol. The van der Waals surface area contributed by atoms with Crippen LogP contribution in [0.25, 0.3) is 0 Å². The van der Waals surface area contributed by atoms with Gasteiger partial charge in [-0.15, -0.1) is 0 Å². The average Bonchev–Trinajstić information content (AvgIpc) is 2.98. The predicted molar refractivity (Wildman–Crippen MR) is 86.2 cm³/mol. The Morgan fingerprint density at radius 3 is 2.67 bits per heavy atom. The Balaban J connectivity index is 1.63. The summed E-state index contributed by atoms with van der Waals surface area (Å²) in [6.45, 7) is 2.54. The van der Waals surface area contributed by atoms with Crippen LogP contribution in [0.4, 0.5) is 0 Å². The number of benzene rings is 1. The Kier molecular flexibility index (Phi) is 6.87. The highest BCUT2D eigenvalue weighted by Gasteiger charge is 2.08. The monoisotopic (exact) mass is 347 g/mol. The van der Waals surface area contributed by atoms with Gasteiger partial charge in [0.1, 0.15) is 12.4 Å². The summed E-state index contributed by atoms with van der Waals surface area (Å²) in [6.07, 6.45) is 2.52. The smallest absolute Gasteiger partial charge is 0.129 e. The molecule has 0 bridgehead atoms. The molecule has 0 saturated carbocycles. The second kappa shape index (κ2) is 8.66. The van der Waals surface area contributed by atoms with Gasteiger partial charge in [-0.1, -0.05) is 34.8 Å². The van der Waals surface area contributed by atoms with Crippen LogP contribution in [0.15, 0.2) is 34.9 Å². The lowest BCUT2D eigenvalue weighted by atomic mass is 10.2. The largest absolute Gasteiger partial charge is 0.467 e. The SMILES string of the molecule is Clc1ccc(Cl)c(CNCCCOCc2ccco2)c1Cl. The summed E-state index contributed by atoms with van der Waals surface area (Å²) in [5, 5.41) is 4.91. The summed E-state index contributed by atoms with van der Waals surface area (Å²) in [7, 11) is 0. The van der Waals surface area contributed by atoms with E-state index in [-0.39, 0.29) is 0 Å². The van der Waals surface area contributed by atoms with E-state index in [1.165, 1.54) is 0 Å². The molecule has 0 atom stereocenters. The van der Waals surface area contributed by atoms with E-state index in [4.69, 9.17) is 44.0 Å². The van der Waals surface area contributed by atoms with E-state index in [2.05, 4.69) is 5.32 Å². The first-order valence-corrected chi connectivity index (χ1v) is 7.75. The standard InChI is InChI=1S/C15H16Cl3NO2/c16-13-4-5-14(17)15(18)12(13)9-19-6-2-7-20-10-11-3-1-8-21-11/h1,3-5,8,19H,2,6-7,9-10H2. The summed E-state index contributed by atoms with van der Waals surface area (Å²) < 4.78 is 10.7. The lowest BCUT2D eigenvalue weighted by Crippen LogP contribution is -2.17. The van der Waals surface area contributed by atoms with E-state index >= 15 is 0 Å². The number of rotatable bonds is 8. The van der Waals surface area contributed by atoms with Crippen molar-refractivity contribution < 1.29 is 9.15 Å². The second-order valence-electron chi connectivity index (χ2n) is 4.48. The van der Waals surface area contributed by atoms with Crippen molar-refractivity contribution in [3.63, 3.8) is 0 Å². The number of hydrogen-bond acceptors (Lipinski definition) is 3. The Morgan fingerprint density at radius 1 is 1.10 bits per heavy atom. The van der Waals surface area contributed by atoms with Crippen molar-refractivity contribution in [3.05, 3.63) is 56.9 Å². The Bertz CT molecular complexity index is 558. The van der Waals surface area contributed by atoms with Gasteiger partial charge in [0.05, 0.1) is 16.3 Å². The van der Waals surface area contributed by atoms with Crippen molar-refractivity contribution in [1.82, 2.24) is 5.32 Å². The molecule has 0 aliphatic carbocycles. The maximum atomic E-state index is 6.13. The molecule has 0 spiro atoms. The normalized spacial score (nSPS) is 11.0. The fourth-order valence-corrected chi connectivity index (χ4v) is 2.49. The van der Waals surface area contributed by atoms with Crippen LogP contribution in [0.5, 0.6) is 0 Å². The molecule has 2 rings (SSSR count).